The van der Waals surface area contributed by atoms with Gasteiger partial charge in [-0.3, -0.25) is 9.20 Å². The fraction of sp³-hybridized carbons (Fsp3) is 0.357. The number of carbonyl (C=O) groups excluding carboxylic acids is 1. The van der Waals surface area contributed by atoms with Crippen LogP contribution in [-0.4, -0.2) is 48.1 Å². The van der Waals surface area contributed by atoms with Crippen LogP contribution in [0, 0.1) is 11.3 Å². The summed E-state index contributed by atoms with van der Waals surface area (Å²) in [4.78, 5) is 18.1. The first-order valence-corrected chi connectivity index (χ1v) is 6.70. The van der Waals surface area contributed by atoms with Gasteiger partial charge in [-0.2, -0.15) is 5.26 Å². The van der Waals surface area contributed by atoms with Crippen LogP contribution in [0.1, 0.15) is 5.69 Å². The summed E-state index contributed by atoms with van der Waals surface area (Å²) >= 11 is 0. The molecule has 1 atom stereocenters. The van der Waals surface area contributed by atoms with Crippen molar-refractivity contribution in [2.75, 3.05) is 31.6 Å². The van der Waals surface area contributed by atoms with Gasteiger partial charge in [0.05, 0.1) is 13.2 Å². The standard InChI is InChI=1S/C14H15N5O2/c1-16-14(20)11-9-18(6-7-21-11)13-10(8-15)19-5-3-2-4-12(19)17-13/h2-5,11H,6-7,9H2,1H3,(H,16,20). The molecular formula is C14H15N5O2. The van der Waals surface area contributed by atoms with Gasteiger partial charge in [-0.1, -0.05) is 6.07 Å². The van der Waals surface area contributed by atoms with Gasteiger partial charge in [-0.15, -0.1) is 0 Å². The lowest BCUT2D eigenvalue weighted by Crippen LogP contribution is -2.49. The molecule has 7 heteroatoms. The number of anilines is 1. The molecule has 3 rings (SSSR count). The van der Waals surface area contributed by atoms with Crippen molar-refractivity contribution < 1.29 is 9.53 Å². The third-order valence-corrected chi connectivity index (χ3v) is 3.52. The van der Waals surface area contributed by atoms with E-state index in [4.69, 9.17) is 4.74 Å². The number of hydrogen-bond acceptors (Lipinski definition) is 5. The predicted octanol–water partition coefficient (Wildman–Crippen LogP) is 0.157. The first-order chi connectivity index (χ1) is 10.2. The molecule has 0 aliphatic carbocycles. The third kappa shape index (κ3) is 2.30. The largest absolute Gasteiger partial charge is 0.365 e. The summed E-state index contributed by atoms with van der Waals surface area (Å²) in [7, 11) is 1.58. The number of morpholine rings is 1. The van der Waals surface area contributed by atoms with Crippen LogP contribution in [0.2, 0.25) is 0 Å². The fourth-order valence-electron chi connectivity index (χ4n) is 2.47. The molecule has 2 aromatic rings. The Morgan fingerprint density at radius 1 is 1.57 bits per heavy atom. The van der Waals surface area contributed by atoms with Gasteiger partial charge in [0.15, 0.2) is 17.6 Å². The summed E-state index contributed by atoms with van der Waals surface area (Å²) in [5.41, 5.74) is 1.19. The molecule has 1 aliphatic rings. The Kier molecular flexibility index (Phi) is 3.46. The average Bonchev–Trinajstić information content (AvgIpc) is 2.92. The number of ether oxygens (including phenoxy) is 1. The van der Waals surface area contributed by atoms with Crippen molar-refractivity contribution in [3.05, 3.63) is 30.1 Å². The summed E-state index contributed by atoms with van der Waals surface area (Å²) in [5, 5.41) is 12.0. The molecule has 21 heavy (non-hydrogen) atoms. The van der Waals surface area contributed by atoms with Crippen LogP contribution in [0.5, 0.6) is 0 Å². The second-order valence-electron chi connectivity index (χ2n) is 4.74. The van der Waals surface area contributed by atoms with E-state index in [1.165, 1.54) is 0 Å². The first-order valence-electron chi connectivity index (χ1n) is 6.70. The fourth-order valence-corrected chi connectivity index (χ4v) is 2.47. The first kappa shape index (κ1) is 13.4. The van der Waals surface area contributed by atoms with Crippen LogP contribution in [0.25, 0.3) is 5.65 Å². The minimum atomic E-state index is -0.542. The Morgan fingerprint density at radius 3 is 3.19 bits per heavy atom. The van der Waals surface area contributed by atoms with E-state index in [1.54, 1.807) is 17.6 Å². The molecule has 3 heterocycles. The van der Waals surface area contributed by atoms with E-state index < -0.39 is 6.10 Å². The molecule has 1 amide bonds. The quantitative estimate of drug-likeness (QED) is 0.849. The molecule has 0 bridgehead atoms. The van der Waals surface area contributed by atoms with E-state index in [0.29, 0.717) is 36.9 Å². The van der Waals surface area contributed by atoms with Crippen LogP contribution in [0.4, 0.5) is 5.82 Å². The van der Waals surface area contributed by atoms with Crippen LogP contribution >= 0.6 is 0 Å². The number of nitriles is 1. The Hall–Kier alpha value is -2.59. The van der Waals surface area contributed by atoms with E-state index in [9.17, 15) is 10.1 Å². The smallest absolute Gasteiger partial charge is 0.250 e. The minimum Gasteiger partial charge on any atom is -0.365 e. The molecule has 7 nitrogen and oxygen atoms in total. The molecule has 1 unspecified atom stereocenters. The summed E-state index contributed by atoms with van der Waals surface area (Å²) < 4.78 is 7.21. The number of rotatable bonds is 2. The number of aromatic nitrogens is 2. The SMILES string of the molecule is CNC(=O)C1CN(c2nc3ccccn3c2C#N)CCO1. The van der Waals surface area contributed by atoms with Crippen molar-refractivity contribution in [1.82, 2.24) is 14.7 Å². The average molecular weight is 285 g/mol. The summed E-state index contributed by atoms with van der Waals surface area (Å²) in [6.45, 7) is 1.42. The van der Waals surface area contributed by atoms with E-state index in [0.717, 1.165) is 0 Å². The highest BCUT2D eigenvalue weighted by molar-refractivity contribution is 5.81. The predicted molar refractivity (Wildman–Crippen MR) is 75.9 cm³/mol. The van der Waals surface area contributed by atoms with E-state index in [1.807, 2.05) is 23.1 Å². The molecule has 1 fully saturated rings. The topological polar surface area (TPSA) is 82.7 Å². The molecular weight excluding hydrogens is 270 g/mol. The van der Waals surface area contributed by atoms with Crippen LogP contribution < -0.4 is 10.2 Å². The van der Waals surface area contributed by atoms with Crippen molar-refractivity contribution in [3.8, 4) is 6.07 Å². The Morgan fingerprint density at radius 2 is 2.43 bits per heavy atom. The Balaban J connectivity index is 1.96. The highest BCUT2D eigenvalue weighted by Crippen LogP contribution is 2.23. The van der Waals surface area contributed by atoms with Gasteiger partial charge in [0, 0.05) is 19.8 Å². The third-order valence-electron chi connectivity index (χ3n) is 3.52. The number of pyridine rings is 1. The molecule has 1 N–H and O–H groups in total. The monoisotopic (exact) mass is 285 g/mol. The zero-order chi connectivity index (χ0) is 14.8. The second-order valence-corrected chi connectivity index (χ2v) is 4.74. The maximum absolute atomic E-state index is 11.7. The molecule has 108 valence electrons. The van der Waals surface area contributed by atoms with Crippen molar-refractivity contribution in [2.24, 2.45) is 0 Å². The Labute approximate surface area is 121 Å². The highest BCUT2D eigenvalue weighted by atomic mass is 16.5. The highest BCUT2D eigenvalue weighted by Gasteiger charge is 2.29. The van der Waals surface area contributed by atoms with Crippen LogP contribution in [-0.2, 0) is 9.53 Å². The number of carbonyl (C=O) groups is 1. The lowest BCUT2D eigenvalue weighted by atomic mass is 10.2. The number of likely N-dealkylation sites (N-methyl/N-ethyl adjacent to an activating group) is 1. The van der Waals surface area contributed by atoms with Crippen LogP contribution in [0.3, 0.4) is 0 Å². The molecule has 1 aliphatic heterocycles. The van der Waals surface area contributed by atoms with Gasteiger partial charge in [-0.05, 0) is 12.1 Å². The normalized spacial score (nSPS) is 18.5. The molecule has 0 radical (unpaired) electrons. The summed E-state index contributed by atoms with van der Waals surface area (Å²) in [6, 6.07) is 7.77. The molecule has 0 saturated carbocycles. The van der Waals surface area contributed by atoms with Gasteiger partial charge < -0.3 is 15.0 Å². The van der Waals surface area contributed by atoms with Crippen molar-refractivity contribution >= 4 is 17.4 Å². The molecule has 2 aromatic heterocycles. The van der Waals surface area contributed by atoms with Crippen LogP contribution in [0.15, 0.2) is 24.4 Å². The molecule has 1 saturated heterocycles. The maximum atomic E-state index is 11.7. The number of imidazole rings is 1. The lowest BCUT2D eigenvalue weighted by Gasteiger charge is -2.32. The van der Waals surface area contributed by atoms with E-state index in [2.05, 4.69) is 16.4 Å². The van der Waals surface area contributed by atoms with Gasteiger partial charge >= 0.3 is 0 Å². The van der Waals surface area contributed by atoms with Gasteiger partial charge in [0.2, 0.25) is 0 Å². The number of fused-ring (bicyclic) bond motifs is 1. The number of nitrogens with zero attached hydrogens (tertiary/aromatic N) is 4. The number of amides is 1. The van der Waals surface area contributed by atoms with Gasteiger partial charge in [-0.25, -0.2) is 4.98 Å². The lowest BCUT2D eigenvalue weighted by molar-refractivity contribution is -0.132. The number of hydrogen-bond donors (Lipinski definition) is 1. The molecule has 0 aromatic carbocycles. The minimum absolute atomic E-state index is 0.165. The van der Waals surface area contributed by atoms with E-state index >= 15 is 0 Å². The van der Waals surface area contributed by atoms with Gasteiger partial charge in [0.1, 0.15) is 11.7 Å². The molecule has 0 spiro atoms. The zero-order valence-corrected chi connectivity index (χ0v) is 11.6. The number of nitrogens with one attached hydrogen (secondary N) is 1. The Bertz CT molecular complexity index is 718. The summed E-state index contributed by atoms with van der Waals surface area (Å²) in [6.07, 6.45) is 1.27. The van der Waals surface area contributed by atoms with Crippen molar-refractivity contribution in [3.63, 3.8) is 0 Å². The van der Waals surface area contributed by atoms with Crippen molar-refractivity contribution in [2.45, 2.75) is 6.10 Å². The zero-order valence-electron chi connectivity index (χ0n) is 11.6. The maximum Gasteiger partial charge on any atom is 0.250 e. The van der Waals surface area contributed by atoms with E-state index in [-0.39, 0.29) is 5.91 Å². The second kappa shape index (κ2) is 5.42. The van der Waals surface area contributed by atoms with Gasteiger partial charge in [0.25, 0.3) is 5.91 Å². The summed E-state index contributed by atoms with van der Waals surface area (Å²) in [5.74, 6) is 0.433. The van der Waals surface area contributed by atoms with Crippen molar-refractivity contribution in [1.29, 1.82) is 5.26 Å².